The average Bonchev–Trinajstić information content (AvgIpc) is 2.36. The Morgan fingerprint density at radius 3 is 2.48 bits per heavy atom. The van der Waals surface area contributed by atoms with Gasteiger partial charge >= 0.3 is 6.18 Å². The molecular formula is C11H16Cl2F3N3O2. The molecule has 0 bridgehead atoms. The van der Waals surface area contributed by atoms with E-state index in [-0.39, 0.29) is 36.6 Å². The van der Waals surface area contributed by atoms with Crippen molar-refractivity contribution in [3.63, 3.8) is 0 Å². The maximum Gasteiger partial charge on any atom is 0.422 e. The minimum absolute atomic E-state index is 0. The normalized spacial score (nSPS) is 11.7. The SMILES string of the molecule is CC[C@H](N)C(=O)Nc1ccc(OCC(F)(F)F)nc1.Cl.Cl. The summed E-state index contributed by atoms with van der Waals surface area (Å²) >= 11 is 0. The molecule has 1 rings (SSSR count). The second-order valence-electron chi connectivity index (χ2n) is 3.79. The fourth-order valence-corrected chi connectivity index (χ4v) is 1.12. The van der Waals surface area contributed by atoms with Crippen LogP contribution in [0.5, 0.6) is 5.88 Å². The van der Waals surface area contributed by atoms with E-state index in [1.165, 1.54) is 18.3 Å². The van der Waals surface area contributed by atoms with Crippen molar-refractivity contribution in [1.82, 2.24) is 4.98 Å². The van der Waals surface area contributed by atoms with E-state index in [0.717, 1.165) is 0 Å². The van der Waals surface area contributed by atoms with Crippen molar-refractivity contribution in [2.45, 2.75) is 25.6 Å². The molecule has 0 aliphatic rings. The third kappa shape index (κ3) is 8.59. The predicted octanol–water partition coefficient (Wildman–Crippen LogP) is 2.54. The van der Waals surface area contributed by atoms with Crippen LogP contribution in [0.15, 0.2) is 18.3 Å². The molecule has 5 nitrogen and oxygen atoms in total. The number of hydrogen-bond acceptors (Lipinski definition) is 4. The highest BCUT2D eigenvalue weighted by Crippen LogP contribution is 2.18. The Hall–Kier alpha value is -1.25. The van der Waals surface area contributed by atoms with Gasteiger partial charge in [-0.1, -0.05) is 6.92 Å². The van der Waals surface area contributed by atoms with E-state index >= 15 is 0 Å². The van der Waals surface area contributed by atoms with Gasteiger partial charge in [-0.15, -0.1) is 24.8 Å². The molecular weight excluding hydrogens is 334 g/mol. The lowest BCUT2D eigenvalue weighted by Crippen LogP contribution is -2.34. The highest BCUT2D eigenvalue weighted by Gasteiger charge is 2.28. The van der Waals surface area contributed by atoms with Gasteiger partial charge in [-0.2, -0.15) is 13.2 Å². The van der Waals surface area contributed by atoms with E-state index in [0.29, 0.717) is 12.1 Å². The number of alkyl halides is 3. The Balaban J connectivity index is 0. The predicted molar refractivity (Wildman–Crippen MR) is 77.2 cm³/mol. The molecule has 21 heavy (non-hydrogen) atoms. The molecule has 0 saturated carbocycles. The van der Waals surface area contributed by atoms with Gasteiger partial charge in [0.25, 0.3) is 0 Å². The highest BCUT2D eigenvalue weighted by atomic mass is 35.5. The summed E-state index contributed by atoms with van der Waals surface area (Å²) in [6.07, 6.45) is -2.74. The molecule has 0 radical (unpaired) electrons. The molecule has 3 N–H and O–H groups in total. The molecule has 0 aliphatic carbocycles. The van der Waals surface area contributed by atoms with Crippen LogP contribution in [0.2, 0.25) is 0 Å². The number of pyridine rings is 1. The van der Waals surface area contributed by atoms with Crippen LogP contribution in [0.3, 0.4) is 0 Å². The zero-order chi connectivity index (χ0) is 14.5. The molecule has 1 amide bonds. The number of carbonyl (C=O) groups excluding carboxylic acids is 1. The number of carbonyl (C=O) groups is 1. The average molecular weight is 350 g/mol. The maximum absolute atomic E-state index is 11.9. The van der Waals surface area contributed by atoms with E-state index in [1.54, 1.807) is 6.92 Å². The number of anilines is 1. The van der Waals surface area contributed by atoms with Gasteiger partial charge in [0.05, 0.1) is 17.9 Å². The number of aromatic nitrogens is 1. The van der Waals surface area contributed by atoms with Gasteiger partial charge in [-0.25, -0.2) is 4.98 Å². The summed E-state index contributed by atoms with van der Waals surface area (Å²) in [5.41, 5.74) is 5.85. The monoisotopic (exact) mass is 349 g/mol. The number of nitrogens with two attached hydrogens (primary N) is 1. The molecule has 0 fully saturated rings. The van der Waals surface area contributed by atoms with Crippen LogP contribution in [-0.2, 0) is 4.79 Å². The third-order valence-corrected chi connectivity index (χ3v) is 2.16. The first kappa shape index (κ1) is 22.0. The molecule has 0 aliphatic heterocycles. The van der Waals surface area contributed by atoms with Crippen molar-refractivity contribution < 1.29 is 22.7 Å². The minimum atomic E-state index is -4.41. The number of ether oxygens (including phenoxy) is 1. The summed E-state index contributed by atoms with van der Waals surface area (Å²) in [6, 6.07) is 1.99. The Bertz CT molecular complexity index is 430. The second-order valence-corrected chi connectivity index (χ2v) is 3.79. The number of nitrogens with one attached hydrogen (secondary N) is 1. The van der Waals surface area contributed by atoms with Crippen LogP contribution >= 0.6 is 24.8 Å². The van der Waals surface area contributed by atoms with Gasteiger partial charge in [0.1, 0.15) is 0 Å². The number of halogens is 5. The second kappa shape index (κ2) is 9.64. The van der Waals surface area contributed by atoms with Crippen LogP contribution in [-0.4, -0.2) is 29.7 Å². The van der Waals surface area contributed by atoms with E-state index in [2.05, 4.69) is 15.0 Å². The zero-order valence-electron chi connectivity index (χ0n) is 11.0. The molecule has 0 saturated heterocycles. The standard InChI is InChI=1S/C11H14F3N3O2.2ClH/c1-2-8(15)10(18)17-7-3-4-9(16-5-7)19-6-11(12,13)14;;/h3-5,8H,2,6,15H2,1H3,(H,17,18);2*1H/t8-;;/m0../s1. The molecule has 1 atom stereocenters. The molecule has 0 spiro atoms. The summed E-state index contributed by atoms with van der Waals surface area (Å²) in [5, 5.41) is 2.49. The van der Waals surface area contributed by atoms with Crippen LogP contribution in [0.25, 0.3) is 0 Å². The summed E-state index contributed by atoms with van der Waals surface area (Å²) in [6.45, 7) is 0.350. The van der Waals surface area contributed by atoms with Crippen molar-refractivity contribution >= 4 is 36.4 Å². The lowest BCUT2D eigenvalue weighted by atomic mass is 10.2. The summed E-state index contributed by atoms with van der Waals surface area (Å²) in [4.78, 5) is 15.1. The fourth-order valence-electron chi connectivity index (χ4n) is 1.12. The number of amides is 1. The fraction of sp³-hybridized carbons (Fsp3) is 0.455. The van der Waals surface area contributed by atoms with Crippen LogP contribution < -0.4 is 15.8 Å². The Labute approximate surface area is 132 Å². The Morgan fingerprint density at radius 1 is 1.43 bits per heavy atom. The van der Waals surface area contributed by atoms with Crippen molar-refractivity contribution in [2.75, 3.05) is 11.9 Å². The largest absolute Gasteiger partial charge is 0.468 e. The molecule has 1 aromatic rings. The van der Waals surface area contributed by atoms with Gasteiger partial charge < -0.3 is 15.8 Å². The number of nitrogens with zero attached hydrogens (tertiary/aromatic N) is 1. The summed E-state index contributed by atoms with van der Waals surface area (Å²) < 4.78 is 40.1. The van der Waals surface area contributed by atoms with Crippen LogP contribution in [0.4, 0.5) is 18.9 Å². The summed E-state index contributed by atoms with van der Waals surface area (Å²) in [7, 11) is 0. The number of rotatable bonds is 5. The Morgan fingerprint density at radius 2 is 2.05 bits per heavy atom. The molecule has 122 valence electrons. The molecule has 0 unspecified atom stereocenters. The van der Waals surface area contributed by atoms with Crippen LogP contribution in [0.1, 0.15) is 13.3 Å². The molecule has 1 aromatic heterocycles. The van der Waals surface area contributed by atoms with Crippen molar-refractivity contribution in [3.05, 3.63) is 18.3 Å². The maximum atomic E-state index is 11.9. The van der Waals surface area contributed by atoms with Gasteiger partial charge in [-0.3, -0.25) is 4.79 Å². The first-order chi connectivity index (χ1) is 8.81. The first-order valence-corrected chi connectivity index (χ1v) is 5.54. The topological polar surface area (TPSA) is 77.2 Å². The third-order valence-electron chi connectivity index (χ3n) is 2.16. The van der Waals surface area contributed by atoms with Gasteiger partial charge in [0.2, 0.25) is 11.8 Å². The Kier molecular flexibility index (Phi) is 10.1. The molecule has 10 heteroatoms. The van der Waals surface area contributed by atoms with Crippen LogP contribution in [0, 0.1) is 0 Å². The highest BCUT2D eigenvalue weighted by molar-refractivity contribution is 5.94. The van der Waals surface area contributed by atoms with Crippen molar-refractivity contribution in [1.29, 1.82) is 0 Å². The van der Waals surface area contributed by atoms with E-state index in [9.17, 15) is 18.0 Å². The smallest absolute Gasteiger partial charge is 0.422 e. The lowest BCUT2D eigenvalue weighted by molar-refractivity contribution is -0.154. The van der Waals surface area contributed by atoms with E-state index in [4.69, 9.17) is 5.73 Å². The van der Waals surface area contributed by atoms with Gasteiger partial charge in [0, 0.05) is 6.07 Å². The number of hydrogen-bond donors (Lipinski definition) is 2. The lowest BCUT2D eigenvalue weighted by Gasteiger charge is -2.11. The van der Waals surface area contributed by atoms with E-state index < -0.39 is 18.8 Å². The van der Waals surface area contributed by atoms with E-state index in [1.807, 2.05) is 0 Å². The molecule has 0 aromatic carbocycles. The summed E-state index contributed by atoms with van der Waals surface area (Å²) in [5.74, 6) is -0.552. The quantitative estimate of drug-likeness (QED) is 0.856. The zero-order valence-corrected chi connectivity index (χ0v) is 12.6. The molecule has 1 heterocycles. The minimum Gasteiger partial charge on any atom is -0.468 e. The van der Waals surface area contributed by atoms with Crippen molar-refractivity contribution in [2.24, 2.45) is 5.73 Å². The van der Waals surface area contributed by atoms with Crippen molar-refractivity contribution in [3.8, 4) is 5.88 Å². The van der Waals surface area contributed by atoms with Gasteiger partial charge in [0.15, 0.2) is 6.61 Å². The van der Waals surface area contributed by atoms with Gasteiger partial charge in [-0.05, 0) is 12.5 Å². The first-order valence-electron chi connectivity index (χ1n) is 5.54.